The molecule has 1 amide bonds. The van der Waals surface area contributed by atoms with Gasteiger partial charge < -0.3 is 5.32 Å². The molecule has 14 heavy (non-hydrogen) atoms. The number of amides is 1. The van der Waals surface area contributed by atoms with Gasteiger partial charge in [0.15, 0.2) is 0 Å². The molecule has 0 bridgehead atoms. The van der Waals surface area contributed by atoms with Gasteiger partial charge in [0, 0.05) is 25.4 Å². The largest absolute Gasteiger partial charge is 0.359 e. The number of aryl methyl sites for hydroxylation is 1. The summed E-state index contributed by atoms with van der Waals surface area (Å²) in [6.45, 7) is 3.94. The molecule has 0 aliphatic rings. The standard InChI is InChI=1S/C11H16N2O/c1-8(11(14)12-3)6-10-4-5-13-7-9(10)2/h4-5,7-8H,6H2,1-3H3,(H,12,14). The molecule has 0 fully saturated rings. The Morgan fingerprint density at radius 1 is 1.64 bits per heavy atom. The summed E-state index contributed by atoms with van der Waals surface area (Å²) < 4.78 is 0. The maximum atomic E-state index is 11.3. The van der Waals surface area contributed by atoms with Crippen molar-refractivity contribution >= 4 is 5.91 Å². The van der Waals surface area contributed by atoms with Gasteiger partial charge in [-0.1, -0.05) is 6.92 Å². The maximum Gasteiger partial charge on any atom is 0.222 e. The highest BCUT2D eigenvalue weighted by Crippen LogP contribution is 2.11. The average Bonchev–Trinajstić information content (AvgIpc) is 2.20. The van der Waals surface area contributed by atoms with E-state index in [9.17, 15) is 4.79 Å². The van der Waals surface area contributed by atoms with E-state index in [0.717, 1.165) is 12.0 Å². The predicted molar refractivity (Wildman–Crippen MR) is 55.9 cm³/mol. The number of hydrogen-bond acceptors (Lipinski definition) is 2. The number of aromatic nitrogens is 1. The summed E-state index contributed by atoms with van der Waals surface area (Å²) in [5, 5.41) is 2.65. The van der Waals surface area contributed by atoms with Gasteiger partial charge in [-0.3, -0.25) is 9.78 Å². The van der Waals surface area contributed by atoms with Crippen LogP contribution in [0.5, 0.6) is 0 Å². The monoisotopic (exact) mass is 192 g/mol. The van der Waals surface area contributed by atoms with Crippen LogP contribution in [-0.4, -0.2) is 17.9 Å². The van der Waals surface area contributed by atoms with Crippen molar-refractivity contribution in [1.29, 1.82) is 0 Å². The summed E-state index contributed by atoms with van der Waals surface area (Å²) in [6, 6.07) is 1.97. The normalized spacial score (nSPS) is 12.2. The number of nitrogens with zero attached hydrogens (tertiary/aromatic N) is 1. The Hall–Kier alpha value is -1.38. The number of carbonyl (C=O) groups is 1. The third kappa shape index (κ3) is 2.55. The predicted octanol–water partition coefficient (Wildman–Crippen LogP) is 1.31. The van der Waals surface area contributed by atoms with Gasteiger partial charge in [-0.15, -0.1) is 0 Å². The fraction of sp³-hybridized carbons (Fsp3) is 0.455. The zero-order valence-corrected chi connectivity index (χ0v) is 8.87. The lowest BCUT2D eigenvalue weighted by Crippen LogP contribution is -2.26. The van der Waals surface area contributed by atoms with Crippen molar-refractivity contribution in [3.05, 3.63) is 29.6 Å². The third-order valence-electron chi connectivity index (χ3n) is 2.36. The van der Waals surface area contributed by atoms with Crippen LogP contribution >= 0.6 is 0 Å². The first-order chi connectivity index (χ1) is 6.65. The number of carbonyl (C=O) groups excluding carboxylic acids is 1. The average molecular weight is 192 g/mol. The minimum atomic E-state index is 0.0149. The van der Waals surface area contributed by atoms with E-state index < -0.39 is 0 Å². The first-order valence-corrected chi connectivity index (χ1v) is 4.76. The smallest absolute Gasteiger partial charge is 0.222 e. The Balaban J connectivity index is 2.69. The molecule has 1 aromatic heterocycles. The van der Waals surface area contributed by atoms with Crippen LogP contribution in [0.4, 0.5) is 0 Å². The Kier molecular flexibility index (Phi) is 3.63. The highest BCUT2D eigenvalue weighted by molar-refractivity contribution is 5.78. The van der Waals surface area contributed by atoms with Crippen molar-refractivity contribution < 1.29 is 4.79 Å². The molecule has 0 aliphatic carbocycles. The lowest BCUT2D eigenvalue weighted by Gasteiger charge is -2.11. The lowest BCUT2D eigenvalue weighted by molar-refractivity contribution is -0.123. The molecule has 0 saturated carbocycles. The molecule has 1 unspecified atom stereocenters. The van der Waals surface area contributed by atoms with Gasteiger partial charge in [0.1, 0.15) is 0 Å². The molecule has 1 atom stereocenters. The zero-order chi connectivity index (χ0) is 10.6. The van der Waals surface area contributed by atoms with Crippen LogP contribution in [0.1, 0.15) is 18.1 Å². The molecule has 0 saturated heterocycles. The van der Waals surface area contributed by atoms with Crippen LogP contribution in [0.3, 0.4) is 0 Å². The van der Waals surface area contributed by atoms with E-state index in [0.29, 0.717) is 0 Å². The number of hydrogen-bond donors (Lipinski definition) is 1. The second-order valence-corrected chi connectivity index (χ2v) is 3.52. The maximum absolute atomic E-state index is 11.3. The molecule has 0 aliphatic heterocycles. The van der Waals surface area contributed by atoms with Crippen molar-refractivity contribution in [2.24, 2.45) is 5.92 Å². The van der Waals surface area contributed by atoms with Gasteiger partial charge in [-0.25, -0.2) is 0 Å². The van der Waals surface area contributed by atoms with Gasteiger partial charge in [0.05, 0.1) is 0 Å². The van der Waals surface area contributed by atoms with E-state index in [4.69, 9.17) is 0 Å². The highest BCUT2D eigenvalue weighted by atomic mass is 16.1. The molecule has 3 heteroatoms. The Morgan fingerprint density at radius 3 is 2.93 bits per heavy atom. The number of pyridine rings is 1. The van der Waals surface area contributed by atoms with Crippen LogP contribution in [0, 0.1) is 12.8 Å². The molecule has 0 aromatic carbocycles. The number of nitrogens with one attached hydrogen (secondary N) is 1. The lowest BCUT2D eigenvalue weighted by atomic mass is 9.98. The Bertz CT molecular complexity index is 323. The van der Waals surface area contributed by atoms with Crippen molar-refractivity contribution in [2.45, 2.75) is 20.3 Å². The van der Waals surface area contributed by atoms with Crippen LogP contribution in [0.25, 0.3) is 0 Å². The number of rotatable bonds is 3. The van der Waals surface area contributed by atoms with E-state index in [2.05, 4.69) is 10.3 Å². The van der Waals surface area contributed by atoms with E-state index in [1.807, 2.05) is 26.1 Å². The molecule has 1 rings (SSSR count). The quantitative estimate of drug-likeness (QED) is 0.784. The first-order valence-electron chi connectivity index (χ1n) is 4.76. The summed E-state index contributed by atoms with van der Waals surface area (Å²) in [5.41, 5.74) is 2.33. The summed E-state index contributed by atoms with van der Waals surface area (Å²) in [5.74, 6) is 0.0994. The van der Waals surface area contributed by atoms with Gasteiger partial charge >= 0.3 is 0 Å². The molecule has 1 heterocycles. The summed E-state index contributed by atoms with van der Waals surface area (Å²) in [6.07, 6.45) is 4.36. The fourth-order valence-corrected chi connectivity index (χ4v) is 1.40. The molecule has 1 aromatic rings. The summed E-state index contributed by atoms with van der Waals surface area (Å²) >= 11 is 0. The van der Waals surface area contributed by atoms with Crippen molar-refractivity contribution in [3.8, 4) is 0 Å². The minimum absolute atomic E-state index is 0.0149. The first kappa shape index (κ1) is 10.7. The van der Waals surface area contributed by atoms with Crippen molar-refractivity contribution in [3.63, 3.8) is 0 Å². The molecular formula is C11H16N2O. The SMILES string of the molecule is CNC(=O)C(C)Cc1ccncc1C. The van der Waals surface area contributed by atoms with Crippen LogP contribution < -0.4 is 5.32 Å². The minimum Gasteiger partial charge on any atom is -0.359 e. The van der Waals surface area contributed by atoms with Crippen molar-refractivity contribution in [2.75, 3.05) is 7.05 Å². The molecule has 76 valence electrons. The summed E-state index contributed by atoms with van der Waals surface area (Å²) in [7, 11) is 1.66. The summed E-state index contributed by atoms with van der Waals surface area (Å²) in [4.78, 5) is 15.3. The molecule has 3 nitrogen and oxygen atoms in total. The van der Waals surface area contributed by atoms with Gasteiger partial charge in [-0.2, -0.15) is 0 Å². The topological polar surface area (TPSA) is 42.0 Å². The van der Waals surface area contributed by atoms with E-state index >= 15 is 0 Å². The van der Waals surface area contributed by atoms with Gasteiger partial charge in [-0.05, 0) is 30.5 Å². The van der Waals surface area contributed by atoms with Gasteiger partial charge in [0.25, 0.3) is 0 Å². The van der Waals surface area contributed by atoms with Crippen LogP contribution in [0.2, 0.25) is 0 Å². The molecular weight excluding hydrogens is 176 g/mol. The molecule has 1 N–H and O–H groups in total. The van der Waals surface area contributed by atoms with Crippen LogP contribution in [-0.2, 0) is 11.2 Å². The second kappa shape index (κ2) is 4.74. The van der Waals surface area contributed by atoms with E-state index in [-0.39, 0.29) is 11.8 Å². The van der Waals surface area contributed by atoms with E-state index in [1.165, 1.54) is 5.56 Å². The van der Waals surface area contributed by atoms with Crippen LogP contribution in [0.15, 0.2) is 18.5 Å². The van der Waals surface area contributed by atoms with Gasteiger partial charge in [0.2, 0.25) is 5.91 Å². The third-order valence-corrected chi connectivity index (χ3v) is 2.36. The van der Waals surface area contributed by atoms with E-state index in [1.54, 1.807) is 13.2 Å². The van der Waals surface area contributed by atoms with Crippen molar-refractivity contribution in [1.82, 2.24) is 10.3 Å². The highest BCUT2D eigenvalue weighted by Gasteiger charge is 2.12. The fourth-order valence-electron chi connectivity index (χ4n) is 1.40. The second-order valence-electron chi connectivity index (χ2n) is 3.52. The Morgan fingerprint density at radius 2 is 2.36 bits per heavy atom. The molecule has 0 radical (unpaired) electrons. The Labute approximate surface area is 84.6 Å². The zero-order valence-electron chi connectivity index (χ0n) is 8.87. The molecule has 0 spiro atoms.